The van der Waals surface area contributed by atoms with Crippen LogP contribution in [0.1, 0.15) is 0 Å². The fourth-order valence-corrected chi connectivity index (χ4v) is 8.27. The quantitative estimate of drug-likeness (QED) is 0.676. The predicted octanol–water partition coefficient (Wildman–Crippen LogP) is 3.25. The SMILES string of the molecule is Br.C[Si](C)(C)O[Si](C)(C)C. The molecule has 0 saturated heterocycles. The topological polar surface area (TPSA) is 9.23 Å². The Hall–Kier alpha value is 0.874. The van der Waals surface area contributed by atoms with Gasteiger partial charge in [-0.05, 0) is 39.3 Å². The molecule has 0 saturated carbocycles. The Morgan fingerprint density at radius 2 is 0.900 bits per heavy atom. The first-order valence-corrected chi connectivity index (χ1v) is 10.2. The van der Waals surface area contributed by atoms with Crippen LogP contribution in [-0.2, 0) is 4.12 Å². The molecule has 0 radical (unpaired) electrons. The van der Waals surface area contributed by atoms with E-state index >= 15 is 0 Å². The lowest BCUT2D eigenvalue weighted by Crippen LogP contribution is -2.39. The molecule has 0 atom stereocenters. The van der Waals surface area contributed by atoms with Gasteiger partial charge >= 0.3 is 0 Å². The molecule has 0 N–H and O–H groups in total. The first kappa shape index (κ1) is 13.5. The van der Waals surface area contributed by atoms with Crippen LogP contribution >= 0.6 is 17.0 Å². The molecule has 0 spiro atoms. The second kappa shape index (κ2) is 4.04. The Balaban J connectivity index is 0. The lowest BCUT2D eigenvalue weighted by Gasteiger charge is -2.27. The van der Waals surface area contributed by atoms with Crippen molar-refractivity contribution in [1.82, 2.24) is 0 Å². The van der Waals surface area contributed by atoms with Gasteiger partial charge in [-0.3, -0.25) is 0 Å². The molecule has 10 heavy (non-hydrogen) atoms. The van der Waals surface area contributed by atoms with E-state index in [1.165, 1.54) is 0 Å². The zero-order chi connectivity index (χ0) is 7.71. The maximum Gasteiger partial charge on any atom is 0.170 e. The van der Waals surface area contributed by atoms with Crippen LogP contribution in [0.4, 0.5) is 0 Å². The van der Waals surface area contributed by atoms with Crippen molar-refractivity contribution in [2.24, 2.45) is 0 Å². The zero-order valence-corrected chi connectivity index (χ0v) is 11.5. The fourth-order valence-electron chi connectivity index (χ4n) is 0.919. The van der Waals surface area contributed by atoms with Gasteiger partial charge in [0.15, 0.2) is 16.6 Å². The average molecular weight is 243 g/mol. The van der Waals surface area contributed by atoms with Crippen molar-refractivity contribution >= 4 is 33.6 Å². The van der Waals surface area contributed by atoms with Crippen molar-refractivity contribution in [3.8, 4) is 0 Å². The van der Waals surface area contributed by atoms with E-state index in [9.17, 15) is 0 Å². The van der Waals surface area contributed by atoms with E-state index in [1.54, 1.807) is 0 Å². The van der Waals surface area contributed by atoms with Crippen LogP contribution < -0.4 is 0 Å². The summed E-state index contributed by atoms with van der Waals surface area (Å²) >= 11 is 0. The van der Waals surface area contributed by atoms with E-state index in [-0.39, 0.29) is 17.0 Å². The maximum atomic E-state index is 5.90. The molecular weight excluding hydrogens is 224 g/mol. The van der Waals surface area contributed by atoms with Gasteiger partial charge in [0.05, 0.1) is 0 Å². The molecule has 0 aliphatic rings. The van der Waals surface area contributed by atoms with Gasteiger partial charge in [0.1, 0.15) is 0 Å². The van der Waals surface area contributed by atoms with Crippen molar-refractivity contribution in [3.05, 3.63) is 0 Å². The van der Waals surface area contributed by atoms with Crippen molar-refractivity contribution < 1.29 is 4.12 Å². The van der Waals surface area contributed by atoms with Crippen LogP contribution in [0.25, 0.3) is 0 Å². The summed E-state index contributed by atoms with van der Waals surface area (Å²) in [7, 11) is -2.46. The van der Waals surface area contributed by atoms with Crippen molar-refractivity contribution in [3.63, 3.8) is 0 Å². The largest absolute Gasteiger partial charge is 0.456 e. The third kappa shape index (κ3) is 11.6. The molecule has 0 aromatic rings. The molecule has 0 amide bonds. The van der Waals surface area contributed by atoms with E-state index in [0.29, 0.717) is 0 Å². The normalized spacial score (nSPS) is 12.6. The molecule has 0 aliphatic carbocycles. The van der Waals surface area contributed by atoms with Crippen molar-refractivity contribution in [2.75, 3.05) is 0 Å². The van der Waals surface area contributed by atoms with Gasteiger partial charge in [0, 0.05) is 0 Å². The Morgan fingerprint density at radius 1 is 0.700 bits per heavy atom. The molecule has 0 unspecified atom stereocenters. The average Bonchev–Trinajstić information content (AvgIpc) is 1.14. The fraction of sp³-hybridized carbons (Fsp3) is 1.00. The van der Waals surface area contributed by atoms with Crippen LogP contribution in [0.15, 0.2) is 0 Å². The summed E-state index contributed by atoms with van der Waals surface area (Å²) in [6.45, 7) is 13.4. The first-order valence-electron chi connectivity index (χ1n) is 3.41. The van der Waals surface area contributed by atoms with Crippen LogP contribution in [0.2, 0.25) is 39.3 Å². The molecular formula is C6H19BrOSi2. The molecule has 4 heteroatoms. The summed E-state index contributed by atoms with van der Waals surface area (Å²) in [6, 6.07) is 0. The third-order valence-electron chi connectivity index (χ3n) is 0.612. The summed E-state index contributed by atoms with van der Waals surface area (Å²) in [5.41, 5.74) is 0. The van der Waals surface area contributed by atoms with E-state index < -0.39 is 16.6 Å². The molecule has 0 fully saturated rings. The molecule has 0 rings (SSSR count). The summed E-state index contributed by atoms with van der Waals surface area (Å²) in [5, 5.41) is 0. The molecule has 0 bridgehead atoms. The highest BCUT2D eigenvalue weighted by Gasteiger charge is 2.24. The van der Waals surface area contributed by atoms with Gasteiger partial charge < -0.3 is 4.12 Å². The van der Waals surface area contributed by atoms with Crippen LogP contribution in [0, 0.1) is 0 Å². The Labute approximate surface area is 77.2 Å². The smallest absolute Gasteiger partial charge is 0.170 e. The standard InChI is InChI=1S/C6H18OSi2.BrH/c1-8(2,3)7-9(4,5)6;/h1-6H3;1H. The van der Waals surface area contributed by atoms with E-state index in [1.807, 2.05) is 0 Å². The third-order valence-corrected chi connectivity index (χ3v) is 5.51. The minimum absolute atomic E-state index is 0. The second-order valence-electron chi connectivity index (χ2n) is 4.33. The number of rotatable bonds is 2. The van der Waals surface area contributed by atoms with Gasteiger partial charge in [-0.1, -0.05) is 0 Å². The Kier molecular flexibility index (Phi) is 5.44. The first-order chi connectivity index (χ1) is 3.71. The lowest BCUT2D eigenvalue weighted by molar-refractivity contribution is 0.559. The van der Waals surface area contributed by atoms with Gasteiger partial charge in [-0.15, -0.1) is 17.0 Å². The molecule has 0 aliphatic heterocycles. The van der Waals surface area contributed by atoms with E-state index in [4.69, 9.17) is 4.12 Å². The molecule has 64 valence electrons. The van der Waals surface area contributed by atoms with Gasteiger partial charge in [0.2, 0.25) is 0 Å². The van der Waals surface area contributed by atoms with Gasteiger partial charge in [-0.25, -0.2) is 0 Å². The molecule has 0 aromatic carbocycles. The monoisotopic (exact) mass is 242 g/mol. The summed E-state index contributed by atoms with van der Waals surface area (Å²) in [4.78, 5) is 0. The van der Waals surface area contributed by atoms with Crippen molar-refractivity contribution in [1.29, 1.82) is 0 Å². The summed E-state index contributed by atoms with van der Waals surface area (Å²) < 4.78 is 5.90. The van der Waals surface area contributed by atoms with Gasteiger partial charge in [-0.2, -0.15) is 0 Å². The Bertz CT molecular complexity index is 80.9. The maximum absolute atomic E-state index is 5.90. The molecule has 0 aromatic heterocycles. The number of halogens is 1. The summed E-state index contributed by atoms with van der Waals surface area (Å²) in [6.07, 6.45) is 0. The van der Waals surface area contributed by atoms with E-state index in [0.717, 1.165) is 0 Å². The van der Waals surface area contributed by atoms with Gasteiger partial charge in [0.25, 0.3) is 0 Å². The highest BCUT2D eigenvalue weighted by Crippen LogP contribution is 2.12. The Morgan fingerprint density at radius 3 is 0.900 bits per heavy atom. The number of hydrogen-bond acceptors (Lipinski definition) is 1. The highest BCUT2D eigenvalue weighted by molar-refractivity contribution is 8.93. The lowest BCUT2D eigenvalue weighted by atomic mass is 11.8. The van der Waals surface area contributed by atoms with Crippen molar-refractivity contribution in [2.45, 2.75) is 39.3 Å². The van der Waals surface area contributed by atoms with Crippen LogP contribution in [-0.4, -0.2) is 16.6 Å². The number of hydrogen-bond donors (Lipinski definition) is 0. The van der Waals surface area contributed by atoms with Crippen LogP contribution in [0.3, 0.4) is 0 Å². The predicted molar refractivity (Wildman–Crippen MR) is 58.1 cm³/mol. The zero-order valence-electron chi connectivity index (χ0n) is 7.82. The highest BCUT2D eigenvalue weighted by atomic mass is 79.9. The molecule has 1 nitrogen and oxygen atoms in total. The summed E-state index contributed by atoms with van der Waals surface area (Å²) in [5.74, 6) is 0. The van der Waals surface area contributed by atoms with E-state index in [2.05, 4.69) is 39.3 Å². The van der Waals surface area contributed by atoms with Crippen LogP contribution in [0.5, 0.6) is 0 Å². The minimum Gasteiger partial charge on any atom is -0.456 e. The second-order valence-corrected chi connectivity index (χ2v) is 13.6. The molecule has 0 heterocycles. The minimum atomic E-state index is -1.23.